The van der Waals surface area contributed by atoms with Gasteiger partial charge >= 0.3 is 7.12 Å². The molecule has 0 aliphatic heterocycles. The van der Waals surface area contributed by atoms with Gasteiger partial charge in [0.2, 0.25) is 0 Å². The fourth-order valence-electron chi connectivity index (χ4n) is 1.84. The lowest BCUT2D eigenvalue weighted by molar-refractivity contribution is 0.102. The Morgan fingerprint density at radius 1 is 1.24 bits per heavy atom. The van der Waals surface area contributed by atoms with Crippen LogP contribution in [0, 0.1) is 12.7 Å². The molecule has 2 aromatic carbocycles. The van der Waals surface area contributed by atoms with Crippen LogP contribution in [0.5, 0.6) is 0 Å². The molecule has 2 aromatic rings. The molecular formula is C14H12BClFNO3. The van der Waals surface area contributed by atoms with Gasteiger partial charge in [-0.2, -0.15) is 0 Å². The Morgan fingerprint density at radius 2 is 1.95 bits per heavy atom. The van der Waals surface area contributed by atoms with Crippen LogP contribution < -0.4 is 10.8 Å². The van der Waals surface area contributed by atoms with Crippen molar-refractivity contribution >= 4 is 35.8 Å². The molecule has 0 heterocycles. The predicted octanol–water partition coefficient (Wildman–Crippen LogP) is 1.72. The van der Waals surface area contributed by atoms with Gasteiger partial charge in [-0.05, 0) is 48.9 Å². The third kappa shape index (κ3) is 3.61. The Hall–Kier alpha value is -1.89. The van der Waals surface area contributed by atoms with Gasteiger partial charge in [-0.1, -0.05) is 11.6 Å². The first kappa shape index (κ1) is 15.5. The number of rotatable bonds is 3. The van der Waals surface area contributed by atoms with E-state index in [1.165, 1.54) is 6.07 Å². The molecule has 0 aromatic heterocycles. The molecule has 7 heteroatoms. The second kappa shape index (κ2) is 6.26. The second-order valence-electron chi connectivity index (χ2n) is 4.52. The molecule has 3 N–H and O–H groups in total. The minimum atomic E-state index is -1.98. The lowest BCUT2D eigenvalue weighted by Gasteiger charge is -2.10. The molecule has 1 amide bonds. The predicted molar refractivity (Wildman–Crippen MR) is 80.4 cm³/mol. The van der Waals surface area contributed by atoms with Gasteiger partial charge in [0.1, 0.15) is 5.82 Å². The Kier molecular flexibility index (Phi) is 4.62. The van der Waals surface area contributed by atoms with Crippen molar-refractivity contribution in [3.8, 4) is 0 Å². The van der Waals surface area contributed by atoms with Crippen LogP contribution in [-0.2, 0) is 0 Å². The van der Waals surface area contributed by atoms with Crippen molar-refractivity contribution in [1.29, 1.82) is 0 Å². The molecule has 0 unspecified atom stereocenters. The van der Waals surface area contributed by atoms with E-state index in [-0.39, 0.29) is 11.0 Å². The lowest BCUT2D eigenvalue weighted by Crippen LogP contribution is -2.33. The van der Waals surface area contributed by atoms with Gasteiger partial charge in [-0.15, -0.1) is 0 Å². The average Bonchev–Trinajstić information content (AvgIpc) is 2.42. The summed E-state index contributed by atoms with van der Waals surface area (Å²) in [5.74, 6) is -1.27. The summed E-state index contributed by atoms with van der Waals surface area (Å²) in [4.78, 5) is 12.1. The van der Waals surface area contributed by atoms with Crippen LogP contribution in [0.3, 0.4) is 0 Å². The van der Waals surface area contributed by atoms with Gasteiger partial charge in [0.05, 0.1) is 0 Å². The number of nitrogens with one attached hydrogen (secondary N) is 1. The monoisotopic (exact) mass is 307 g/mol. The molecule has 4 nitrogen and oxygen atoms in total. The Balaban J connectivity index is 2.26. The van der Waals surface area contributed by atoms with E-state index < -0.39 is 18.8 Å². The van der Waals surface area contributed by atoms with Crippen LogP contribution in [-0.4, -0.2) is 23.1 Å². The Bertz CT molecular complexity index is 694. The fraction of sp³-hybridized carbons (Fsp3) is 0.0714. The number of carbonyl (C=O) groups is 1. The first-order chi connectivity index (χ1) is 9.88. The second-order valence-corrected chi connectivity index (χ2v) is 4.96. The normalized spacial score (nSPS) is 10.3. The number of anilines is 1. The molecule has 0 bridgehead atoms. The topological polar surface area (TPSA) is 69.6 Å². The van der Waals surface area contributed by atoms with Crippen molar-refractivity contribution in [3.63, 3.8) is 0 Å². The van der Waals surface area contributed by atoms with Gasteiger partial charge in [-0.3, -0.25) is 4.79 Å². The summed E-state index contributed by atoms with van der Waals surface area (Å²) in [7, 11) is -1.98. The van der Waals surface area contributed by atoms with Crippen LogP contribution in [0.1, 0.15) is 15.9 Å². The number of carbonyl (C=O) groups excluding carboxylic acids is 1. The maximum Gasteiger partial charge on any atom is 0.491 e. The van der Waals surface area contributed by atoms with Crippen molar-refractivity contribution in [2.75, 3.05) is 5.32 Å². The molecule has 0 atom stereocenters. The highest BCUT2D eigenvalue weighted by Gasteiger charge is 2.19. The maximum absolute atomic E-state index is 13.4. The summed E-state index contributed by atoms with van der Waals surface area (Å²) in [5.41, 5.74) is 1.12. The highest BCUT2D eigenvalue weighted by molar-refractivity contribution is 6.58. The van der Waals surface area contributed by atoms with Gasteiger partial charge in [0.25, 0.3) is 5.91 Å². The maximum atomic E-state index is 13.4. The smallest absolute Gasteiger partial charge is 0.423 e. The minimum absolute atomic E-state index is 0.119. The highest BCUT2D eigenvalue weighted by Crippen LogP contribution is 2.20. The third-order valence-corrected chi connectivity index (χ3v) is 3.21. The molecule has 108 valence electrons. The molecule has 0 aliphatic rings. The van der Waals surface area contributed by atoms with Gasteiger partial charge in [-0.25, -0.2) is 4.39 Å². The zero-order chi connectivity index (χ0) is 15.6. The average molecular weight is 308 g/mol. The number of halogens is 2. The van der Waals surface area contributed by atoms with E-state index in [0.717, 1.165) is 17.7 Å². The highest BCUT2D eigenvalue weighted by atomic mass is 35.5. The SMILES string of the molecule is Cc1cc(Cl)ccc1NC(=O)c1ccc(F)c(B(O)O)c1. The molecule has 2 rings (SSSR count). The van der Waals surface area contributed by atoms with E-state index in [0.29, 0.717) is 10.7 Å². The molecule has 0 spiro atoms. The number of hydrogen-bond acceptors (Lipinski definition) is 3. The number of aryl methyl sites for hydroxylation is 1. The fourth-order valence-corrected chi connectivity index (χ4v) is 2.07. The Morgan fingerprint density at radius 3 is 2.57 bits per heavy atom. The summed E-state index contributed by atoms with van der Waals surface area (Å²) in [6.07, 6.45) is 0. The van der Waals surface area contributed by atoms with Gasteiger partial charge in [0, 0.05) is 21.7 Å². The van der Waals surface area contributed by atoms with Gasteiger partial charge < -0.3 is 15.4 Å². The molecule has 0 saturated carbocycles. The summed E-state index contributed by atoms with van der Waals surface area (Å²) < 4.78 is 13.4. The quantitative estimate of drug-likeness (QED) is 0.756. The van der Waals surface area contributed by atoms with E-state index in [2.05, 4.69) is 5.32 Å². The molecule has 0 fully saturated rings. The number of amides is 1. The van der Waals surface area contributed by atoms with Crippen LogP contribution in [0.15, 0.2) is 36.4 Å². The largest absolute Gasteiger partial charge is 0.491 e. The Labute approximate surface area is 126 Å². The minimum Gasteiger partial charge on any atom is -0.423 e. The van der Waals surface area contributed by atoms with Crippen LogP contribution >= 0.6 is 11.6 Å². The third-order valence-electron chi connectivity index (χ3n) is 2.97. The molecular weight excluding hydrogens is 295 g/mol. The van der Waals surface area contributed by atoms with Crippen molar-refractivity contribution in [2.45, 2.75) is 6.92 Å². The van der Waals surface area contributed by atoms with E-state index in [9.17, 15) is 9.18 Å². The zero-order valence-electron chi connectivity index (χ0n) is 11.1. The molecule has 0 aliphatic carbocycles. The van der Waals surface area contributed by atoms with E-state index >= 15 is 0 Å². The first-order valence-corrected chi connectivity index (χ1v) is 6.49. The first-order valence-electron chi connectivity index (χ1n) is 6.11. The van der Waals surface area contributed by atoms with Crippen molar-refractivity contribution in [1.82, 2.24) is 0 Å². The van der Waals surface area contributed by atoms with E-state index in [1.807, 2.05) is 0 Å². The molecule has 0 saturated heterocycles. The van der Waals surface area contributed by atoms with Crippen molar-refractivity contribution in [2.24, 2.45) is 0 Å². The van der Waals surface area contributed by atoms with Gasteiger partial charge in [0.15, 0.2) is 0 Å². The summed E-state index contributed by atoms with van der Waals surface area (Å²) in [6.45, 7) is 1.79. The molecule has 0 radical (unpaired) electrons. The molecule has 21 heavy (non-hydrogen) atoms. The van der Waals surface area contributed by atoms with Crippen molar-refractivity contribution in [3.05, 3.63) is 58.4 Å². The standard InChI is InChI=1S/C14H12BClFNO3/c1-8-6-10(16)3-5-13(8)18-14(19)9-2-4-12(17)11(7-9)15(20)21/h2-7,20-21H,1H3,(H,18,19). The lowest BCUT2D eigenvalue weighted by atomic mass is 9.79. The summed E-state index contributed by atoms with van der Waals surface area (Å²) >= 11 is 5.83. The van der Waals surface area contributed by atoms with E-state index in [4.69, 9.17) is 21.6 Å². The summed E-state index contributed by atoms with van der Waals surface area (Å²) in [6, 6.07) is 8.37. The van der Waals surface area contributed by atoms with Crippen LogP contribution in [0.25, 0.3) is 0 Å². The van der Waals surface area contributed by atoms with E-state index in [1.54, 1.807) is 25.1 Å². The zero-order valence-corrected chi connectivity index (χ0v) is 11.9. The number of hydrogen-bond donors (Lipinski definition) is 3. The summed E-state index contributed by atoms with van der Waals surface area (Å²) in [5, 5.41) is 21.3. The van der Waals surface area contributed by atoms with Crippen LogP contribution in [0.4, 0.5) is 10.1 Å². The number of benzene rings is 2. The van der Waals surface area contributed by atoms with Crippen LogP contribution in [0.2, 0.25) is 5.02 Å². The van der Waals surface area contributed by atoms with Crippen molar-refractivity contribution < 1.29 is 19.2 Å².